The molecule has 2 aromatic rings. The molecule has 2 N–H and O–H groups in total. The van der Waals surface area contributed by atoms with Crippen molar-refractivity contribution in [2.45, 2.75) is 13.8 Å². The maximum absolute atomic E-state index is 9.65. The lowest BCUT2D eigenvalue weighted by molar-refractivity contribution is 0.171. The molecule has 1 aliphatic heterocycles. The predicted octanol–water partition coefficient (Wildman–Crippen LogP) is 3.43. The average Bonchev–Trinajstić information content (AvgIpc) is 3.24. The fourth-order valence-electron chi connectivity index (χ4n) is 3.60. The van der Waals surface area contributed by atoms with Crippen LogP contribution < -0.4 is 19.9 Å². The van der Waals surface area contributed by atoms with Gasteiger partial charge in [0.15, 0.2) is 11.5 Å². The summed E-state index contributed by atoms with van der Waals surface area (Å²) in [4.78, 5) is 4.34. The van der Waals surface area contributed by atoms with Gasteiger partial charge in [-0.2, -0.15) is 10.5 Å². The molecule has 0 atom stereocenters. The van der Waals surface area contributed by atoms with Gasteiger partial charge in [0.05, 0.1) is 23.9 Å². The Balaban J connectivity index is 1.97. The molecule has 28 heavy (non-hydrogen) atoms. The van der Waals surface area contributed by atoms with Gasteiger partial charge in [0.2, 0.25) is 12.5 Å². The molecule has 4 rings (SSSR count). The normalized spacial score (nSPS) is 15.4. The maximum atomic E-state index is 9.65. The first kappa shape index (κ1) is 17.4. The molecule has 0 spiro atoms. The summed E-state index contributed by atoms with van der Waals surface area (Å²) in [5.41, 5.74) is 11.1. The smallest absolute Gasteiger partial charge is 0.231 e. The minimum atomic E-state index is 0.130. The third kappa shape index (κ3) is 2.38. The van der Waals surface area contributed by atoms with Crippen molar-refractivity contribution in [3.8, 4) is 29.4 Å². The van der Waals surface area contributed by atoms with E-state index in [0.29, 0.717) is 39.6 Å². The van der Waals surface area contributed by atoms with E-state index in [-0.39, 0.29) is 12.6 Å². The zero-order chi connectivity index (χ0) is 20.0. The quantitative estimate of drug-likeness (QED) is 0.859. The number of fused-ring (bicyclic) bond motifs is 2. The number of hydrogen-bond donors (Lipinski definition) is 1. The first-order valence-corrected chi connectivity index (χ1v) is 8.51. The van der Waals surface area contributed by atoms with Gasteiger partial charge in [-0.25, -0.2) is 4.98 Å². The topological polar surface area (TPSA) is 114 Å². The SMILES string of the molecule is COc1cc(/C=C2\C(C)=C(C#N)c3nc(N)c(C#N)c(C)c32)cc2c1OCO2. The van der Waals surface area contributed by atoms with E-state index >= 15 is 0 Å². The lowest BCUT2D eigenvalue weighted by Crippen LogP contribution is -2.03. The molecular formula is C21H16N4O3. The van der Waals surface area contributed by atoms with E-state index in [1.807, 2.05) is 32.1 Å². The van der Waals surface area contributed by atoms with Crippen LogP contribution in [-0.2, 0) is 0 Å². The van der Waals surface area contributed by atoms with Crippen LogP contribution in [0.2, 0.25) is 0 Å². The van der Waals surface area contributed by atoms with Gasteiger partial charge in [-0.1, -0.05) is 0 Å². The zero-order valence-corrected chi connectivity index (χ0v) is 15.6. The van der Waals surface area contributed by atoms with Gasteiger partial charge >= 0.3 is 0 Å². The van der Waals surface area contributed by atoms with E-state index < -0.39 is 0 Å². The highest BCUT2D eigenvalue weighted by Crippen LogP contribution is 2.46. The first-order chi connectivity index (χ1) is 13.5. The van der Waals surface area contributed by atoms with Crippen LogP contribution in [0, 0.1) is 29.6 Å². The van der Waals surface area contributed by atoms with Gasteiger partial charge in [0.25, 0.3) is 0 Å². The molecule has 1 aromatic heterocycles. The summed E-state index contributed by atoms with van der Waals surface area (Å²) in [6.07, 6.45) is 1.93. The van der Waals surface area contributed by atoms with Crippen molar-refractivity contribution in [2.24, 2.45) is 0 Å². The number of hydrogen-bond acceptors (Lipinski definition) is 7. The van der Waals surface area contributed by atoms with Gasteiger partial charge in [0.1, 0.15) is 18.0 Å². The molecular weight excluding hydrogens is 356 g/mol. The van der Waals surface area contributed by atoms with Crippen molar-refractivity contribution in [3.63, 3.8) is 0 Å². The van der Waals surface area contributed by atoms with Gasteiger partial charge in [-0.15, -0.1) is 0 Å². The summed E-state index contributed by atoms with van der Waals surface area (Å²) in [6, 6.07) is 8.00. The summed E-state index contributed by atoms with van der Waals surface area (Å²) >= 11 is 0. The molecule has 0 amide bonds. The predicted molar refractivity (Wildman–Crippen MR) is 103 cm³/mol. The molecule has 1 aliphatic carbocycles. The summed E-state index contributed by atoms with van der Waals surface area (Å²) in [7, 11) is 1.56. The van der Waals surface area contributed by atoms with Crippen molar-refractivity contribution < 1.29 is 14.2 Å². The minimum Gasteiger partial charge on any atom is -0.493 e. The van der Waals surface area contributed by atoms with E-state index in [4.69, 9.17) is 19.9 Å². The van der Waals surface area contributed by atoms with Gasteiger partial charge in [0, 0.05) is 5.56 Å². The monoisotopic (exact) mass is 372 g/mol. The Kier molecular flexibility index (Phi) is 3.94. The molecule has 0 radical (unpaired) electrons. The average molecular weight is 372 g/mol. The Labute approximate surface area is 161 Å². The second kappa shape index (κ2) is 6.33. The van der Waals surface area contributed by atoms with E-state index in [1.54, 1.807) is 7.11 Å². The van der Waals surface area contributed by atoms with Crippen molar-refractivity contribution in [1.82, 2.24) is 4.98 Å². The Bertz CT molecular complexity index is 1180. The number of aromatic nitrogens is 1. The Morgan fingerprint density at radius 1 is 1.21 bits per heavy atom. The fraction of sp³-hybridized carbons (Fsp3) is 0.190. The number of rotatable bonds is 2. The molecule has 0 saturated heterocycles. The number of ether oxygens (including phenoxy) is 3. The highest BCUT2D eigenvalue weighted by atomic mass is 16.7. The molecule has 0 bridgehead atoms. The Hall–Kier alpha value is -3.97. The summed E-state index contributed by atoms with van der Waals surface area (Å²) < 4.78 is 16.3. The van der Waals surface area contributed by atoms with Crippen LogP contribution in [0.5, 0.6) is 17.2 Å². The van der Waals surface area contributed by atoms with Crippen molar-refractivity contribution >= 4 is 23.0 Å². The lowest BCUT2D eigenvalue weighted by Gasteiger charge is -2.11. The van der Waals surface area contributed by atoms with Crippen molar-refractivity contribution in [1.29, 1.82) is 10.5 Å². The van der Waals surface area contributed by atoms with Crippen molar-refractivity contribution in [2.75, 3.05) is 19.6 Å². The highest BCUT2D eigenvalue weighted by molar-refractivity contribution is 6.08. The molecule has 0 fully saturated rings. The first-order valence-electron chi connectivity index (χ1n) is 8.51. The number of allylic oxidation sites excluding steroid dienone is 3. The standard InChI is InChI=1S/C21H16N4O3/c1-10-13(4-12-5-16(26-3)20-17(6-12)27-9-28-20)18-11(2)15(8-23)21(24)25-19(18)14(10)7-22/h4-6H,9H2,1-3H3,(H2,24,25)/b13-4+. The molecule has 1 aromatic carbocycles. The third-order valence-corrected chi connectivity index (χ3v) is 4.98. The summed E-state index contributed by atoms with van der Waals surface area (Å²) in [6.45, 7) is 3.81. The largest absolute Gasteiger partial charge is 0.493 e. The van der Waals surface area contributed by atoms with Crippen LogP contribution in [0.3, 0.4) is 0 Å². The number of nitriles is 2. The summed E-state index contributed by atoms with van der Waals surface area (Å²) in [5, 5.41) is 19.1. The number of nitrogens with two attached hydrogens (primary N) is 1. The molecule has 7 nitrogen and oxygen atoms in total. The van der Waals surface area contributed by atoms with Crippen LogP contribution in [0.15, 0.2) is 17.7 Å². The van der Waals surface area contributed by atoms with E-state index in [9.17, 15) is 10.5 Å². The zero-order valence-electron chi connectivity index (χ0n) is 15.6. The summed E-state index contributed by atoms with van der Waals surface area (Å²) in [5.74, 6) is 1.85. The third-order valence-electron chi connectivity index (χ3n) is 4.98. The van der Waals surface area contributed by atoms with Gasteiger partial charge in [-0.3, -0.25) is 0 Å². The molecule has 2 aliphatic rings. The second-order valence-electron chi connectivity index (χ2n) is 6.46. The number of benzene rings is 1. The number of nitrogens with zero attached hydrogens (tertiary/aromatic N) is 3. The molecule has 0 unspecified atom stereocenters. The van der Waals surface area contributed by atoms with Crippen LogP contribution in [0.25, 0.3) is 17.2 Å². The highest BCUT2D eigenvalue weighted by Gasteiger charge is 2.30. The van der Waals surface area contributed by atoms with Crippen molar-refractivity contribution in [3.05, 3.63) is 45.7 Å². The molecule has 7 heteroatoms. The molecule has 2 heterocycles. The van der Waals surface area contributed by atoms with Gasteiger partial charge in [-0.05, 0) is 54.3 Å². The Morgan fingerprint density at radius 2 is 2.00 bits per heavy atom. The van der Waals surface area contributed by atoms with Crippen LogP contribution in [-0.4, -0.2) is 18.9 Å². The fourth-order valence-corrected chi connectivity index (χ4v) is 3.60. The number of pyridine rings is 1. The number of methoxy groups -OCH3 is 1. The second-order valence-corrected chi connectivity index (χ2v) is 6.46. The van der Waals surface area contributed by atoms with E-state index in [1.165, 1.54) is 0 Å². The molecule has 0 saturated carbocycles. The van der Waals surface area contributed by atoms with Crippen LogP contribution in [0.4, 0.5) is 5.82 Å². The molecule has 138 valence electrons. The minimum absolute atomic E-state index is 0.130. The van der Waals surface area contributed by atoms with E-state index in [0.717, 1.165) is 22.3 Å². The maximum Gasteiger partial charge on any atom is 0.231 e. The van der Waals surface area contributed by atoms with Crippen LogP contribution in [0.1, 0.15) is 34.9 Å². The number of nitrogen functional groups attached to an aromatic ring is 1. The van der Waals surface area contributed by atoms with E-state index in [2.05, 4.69) is 17.1 Å². The Morgan fingerprint density at radius 3 is 2.68 bits per heavy atom. The van der Waals surface area contributed by atoms with Gasteiger partial charge < -0.3 is 19.9 Å². The lowest BCUT2D eigenvalue weighted by atomic mass is 9.95. The number of anilines is 1. The van der Waals surface area contributed by atoms with Crippen LogP contribution >= 0.6 is 0 Å².